The first-order valence-electron chi connectivity index (χ1n) is 4.85. The quantitative estimate of drug-likeness (QED) is 0.759. The second-order valence-corrected chi connectivity index (χ2v) is 3.14. The number of aromatic nitrogens is 2. The van der Waals surface area contributed by atoms with E-state index < -0.39 is 5.97 Å². The SMILES string of the molecule is CCCNc1nc(C)cc(C(=O)OC)n1. The summed E-state index contributed by atoms with van der Waals surface area (Å²) >= 11 is 0. The maximum absolute atomic E-state index is 11.3. The molecule has 0 aliphatic rings. The summed E-state index contributed by atoms with van der Waals surface area (Å²) in [6.07, 6.45) is 0.977. The topological polar surface area (TPSA) is 64.1 Å². The molecule has 0 saturated carbocycles. The summed E-state index contributed by atoms with van der Waals surface area (Å²) in [5.74, 6) is 0.0253. The number of carbonyl (C=O) groups is 1. The normalized spacial score (nSPS) is 9.80. The van der Waals surface area contributed by atoms with Crippen molar-refractivity contribution in [1.82, 2.24) is 9.97 Å². The number of nitrogens with zero attached hydrogens (tertiary/aromatic N) is 2. The Labute approximate surface area is 88.9 Å². The Hall–Kier alpha value is -1.65. The zero-order chi connectivity index (χ0) is 11.3. The molecule has 0 aromatic carbocycles. The molecule has 0 aliphatic heterocycles. The molecular formula is C10H15N3O2. The Balaban J connectivity index is 2.89. The van der Waals surface area contributed by atoms with Crippen LogP contribution in [0.2, 0.25) is 0 Å². The van der Waals surface area contributed by atoms with Crippen LogP contribution < -0.4 is 5.32 Å². The van der Waals surface area contributed by atoms with Crippen LogP contribution in [0.25, 0.3) is 0 Å². The standard InChI is InChI=1S/C10H15N3O2/c1-4-5-11-10-12-7(2)6-8(13-10)9(14)15-3/h6H,4-5H2,1-3H3,(H,11,12,13). The molecule has 0 saturated heterocycles. The predicted molar refractivity (Wildman–Crippen MR) is 56.9 cm³/mol. The van der Waals surface area contributed by atoms with Crippen LogP contribution in [-0.2, 0) is 4.74 Å². The zero-order valence-electron chi connectivity index (χ0n) is 9.20. The van der Waals surface area contributed by atoms with Crippen molar-refractivity contribution in [2.75, 3.05) is 19.0 Å². The van der Waals surface area contributed by atoms with E-state index in [0.29, 0.717) is 5.95 Å². The van der Waals surface area contributed by atoms with Gasteiger partial charge in [-0.15, -0.1) is 0 Å². The van der Waals surface area contributed by atoms with E-state index in [0.717, 1.165) is 18.7 Å². The minimum atomic E-state index is -0.444. The van der Waals surface area contributed by atoms with E-state index in [1.165, 1.54) is 7.11 Å². The molecule has 5 nitrogen and oxygen atoms in total. The van der Waals surface area contributed by atoms with Gasteiger partial charge in [-0.1, -0.05) is 6.92 Å². The van der Waals surface area contributed by atoms with Crippen molar-refractivity contribution in [3.63, 3.8) is 0 Å². The van der Waals surface area contributed by atoms with Crippen LogP contribution in [0.1, 0.15) is 29.5 Å². The molecule has 0 atom stereocenters. The summed E-state index contributed by atoms with van der Waals surface area (Å²) in [7, 11) is 1.33. The van der Waals surface area contributed by atoms with Gasteiger partial charge in [0.15, 0.2) is 5.69 Å². The molecule has 0 unspecified atom stereocenters. The molecule has 0 radical (unpaired) electrons. The zero-order valence-corrected chi connectivity index (χ0v) is 9.20. The predicted octanol–water partition coefficient (Wildman–Crippen LogP) is 1.39. The van der Waals surface area contributed by atoms with Crippen LogP contribution in [-0.4, -0.2) is 29.6 Å². The monoisotopic (exact) mass is 209 g/mol. The average Bonchev–Trinajstić information content (AvgIpc) is 2.24. The van der Waals surface area contributed by atoms with Crippen molar-refractivity contribution in [1.29, 1.82) is 0 Å². The van der Waals surface area contributed by atoms with E-state index in [1.54, 1.807) is 6.07 Å². The number of hydrogen-bond acceptors (Lipinski definition) is 5. The molecule has 0 fully saturated rings. The first-order valence-corrected chi connectivity index (χ1v) is 4.85. The number of aryl methyl sites for hydroxylation is 1. The lowest BCUT2D eigenvalue weighted by Crippen LogP contribution is -2.11. The highest BCUT2D eigenvalue weighted by Crippen LogP contribution is 2.05. The summed E-state index contributed by atoms with van der Waals surface area (Å²) in [5, 5.41) is 3.02. The minimum absolute atomic E-state index is 0.281. The van der Waals surface area contributed by atoms with Crippen LogP contribution >= 0.6 is 0 Å². The van der Waals surface area contributed by atoms with Crippen LogP contribution in [0.5, 0.6) is 0 Å². The van der Waals surface area contributed by atoms with Gasteiger partial charge < -0.3 is 10.1 Å². The third kappa shape index (κ3) is 3.19. The van der Waals surface area contributed by atoms with E-state index in [-0.39, 0.29) is 5.69 Å². The van der Waals surface area contributed by atoms with Gasteiger partial charge in [0.1, 0.15) is 0 Å². The number of anilines is 1. The van der Waals surface area contributed by atoms with Crippen LogP contribution in [0.4, 0.5) is 5.95 Å². The maximum atomic E-state index is 11.3. The van der Waals surface area contributed by atoms with Gasteiger partial charge in [-0.25, -0.2) is 14.8 Å². The van der Waals surface area contributed by atoms with Gasteiger partial charge in [-0.05, 0) is 19.4 Å². The fraction of sp³-hybridized carbons (Fsp3) is 0.500. The van der Waals surface area contributed by atoms with E-state index in [4.69, 9.17) is 0 Å². The Morgan fingerprint density at radius 3 is 2.87 bits per heavy atom. The van der Waals surface area contributed by atoms with Crippen LogP contribution in [0, 0.1) is 6.92 Å². The average molecular weight is 209 g/mol. The van der Waals surface area contributed by atoms with Gasteiger partial charge in [0.05, 0.1) is 7.11 Å². The van der Waals surface area contributed by atoms with Gasteiger partial charge >= 0.3 is 5.97 Å². The lowest BCUT2D eigenvalue weighted by molar-refractivity contribution is 0.0594. The first-order chi connectivity index (χ1) is 7.17. The molecule has 82 valence electrons. The second kappa shape index (κ2) is 5.29. The van der Waals surface area contributed by atoms with Gasteiger partial charge in [0.25, 0.3) is 0 Å². The summed E-state index contributed by atoms with van der Waals surface area (Å²) in [4.78, 5) is 19.5. The lowest BCUT2D eigenvalue weighted by atomic mass is 10.3. The number of nitrogens with one attached hydrogen (secondary N) is 1. The van der Waals surface area contributed by atoms with Gasteiger partial charge in [-0.2, -0.15) is 0 Å². The van der Waals surface area contributed by atoms with E-state index in [2.05, 4.69) is 20.0 Å². The smallest absolute Gasteiger partial charge is 0.356 e. The highest BCUT2D eigenvalue weighted by atomic mass is 16.5. The highest BCUT2D eigenvalue weighted by molar-refractivity contribution is 5.87. The number of methoxy groups -OCH3 is 1. The molecule has 0 bridgehead atoms. The number of esters is 1. The molecule has 0 spiro atoms. The second-order valence-electron chi connectivity index (χ2n) is 3.14. The van der Waals surface area contributed by atoms with Crippen molar-refractivity contribution < 1.29 is 9.53 Å². The summed E-state index contributed by atoms with van der Waals surface area (Å²) < 4.78 is 4.59. The van der Waals surface area contributed by atoms with Crippen molar-refractivity contribution in [2.24, 2.45) is 0 Å². The van der Waals surface area contributed by atoms with E-state index in [9.17, 15) is 4.79 Å². The van der Waals surface area contributed by atoms with Gasteiger partial charge in [0.2, 0.25) is 5.95 Å². The fourth-order valence-electron chi connectivity index (χ4n) is 1.09. The molecule has 0 amide bonds. The van der Waals surface area contributed by atoms with Crippen molar-refractivity contribution >= 4 is 11.9 Å². The molecule has 1 rings (SSSR count). The number of rotatable bonds is 4. The third-order valence-electron chi connectivity index (χ3n) is 1.78. The van der Waals surface area contributed by atoms with Crippen LogP contribution in [0.15, 0.2) is 6.07 Å². The van der Waals surface area contributed by atoms with Crippen molar-refractivity contribution in [3.05, 3.63) is 17.5 Å². The Bertz CT molecular complexity index is 353. The number of hydrogen-bond donors (Lipinski definition) is 1. The molecule has 1 heterocycles. The fourth-order valence-corrected chi connectivity index (χ4v) is 1.09. The summed E-state index contributed by atoms with van der Waals surface area (Å²) in [6, 6.07) is 1.60. The van der Waals surface area contributed by atoms with E-state index >= 15 is 0 Å². The number of ether oxygens (including phenoxy) is 1. The lowest BCUT2D eigenvalue weighted by Gasteiger charge is -2.05. The molecule has 1 N–H and O–H groups in total. The Morgan fingerprint density at radius 2 is 2.27 bits per heavy atom. The van der Waals surface area contributed by atoms with Crippen molar-refractivity contribution in [3.8, 4) is 0 Å². The molecule has 15 heavy (non-hydrogen) atoms. The molecule has 1 aromatic heterocycles. The summed E-state index contributed by atoms with van der Waals surface area (Å²) in [5.41, 5.74) is 1.02. The summed E-state index contributed by atoms with van der Waals surface area (Å²) in [6.45, 7) is 4.64. The highest BCUT2D eigenvalue weighted by Gasteiger charge is 2.09. The molecule has 5 heteroatoms. The largest absolute Gasteiger partial charge is 0.464 e. The Morgan fingerprint density at radius 1 is 1.53 bits per heavy atom. The van der Waals surface area contributed by atoms with E-state index in [1.807, 2.05) is 13.8 Å². The molecular weight excluding hydrogens is 194 g/mol. The minimum Gasteiger partial charge on any atom is -0.464 e. The maximum Gasteiger partial charge on any atom is 0.356 e. The van der Waals surface area contributed by atoms with Gasteiger partial charge in [-0.3, -0.25) is 0 Å². The van der Waals surface area contributed by atoms with Gasteiger partial charge in [0, 0.05) is 12.2 Å². The first kappa shape index (κ1) is 11.4. The molecule has 0 aliphatic carbocycles. The van der Waals surface area contributed by atoms with Crippen LogP contribution in [0.3, 0.4) is 0 Å². The third-order valence-corrected chi connectivity index (χ3v) is 1.78. The van der Waals surface area contributed by atoms with Crippen molar-refractivity contribution in [2.45, 2.75) is 20.3 Å². The number of carbonyl (C=O) groups excluding carboxylic acids is 1. The molecule has 1 aromatic rings. The Kier molecular flexibility index (Phi) is 4.03.